The Hall–Kier alpha value is -1.80. The molecule has 8 heteroatoms. The first-order valence-electron chi connectivity index (χ1n) is 7.41. The van der Waals surface area contributed by atoms with Crippen molar-refractivity contribution in [2.24, 2.45) is 0 Å². The van der Waals surface area contributed by atoms with Crippen molar-refractivity contribution in [3.05, 3.63) is 23.3 Å². The van der Waals surface area contributed by atoms with Crippen molar-refractivity contribution in [1.82, 2.24) is 20.0 Å². The molecule has 0 aromatic carbocycles. The molecule has 1 saturated heterocycles. The molecule has 1 atom stereocenters. The van der Waals surface area contributed by atoms with E-state index in [1.54, 1.807) is 18.1 Å². The zero-order valence-electron chi connectivity index (χ0n) is 12.7. The molecule has 1 amide bonds. The molecule has 1 aliphatic heterocycles. The van der Waals surface area contributed by atoms with Crippen molar-refractivity contribution in [1.29, 1.82) is 0 Å². The van der Waals surface area contributed by atoms with Crippen molar-refractivity contribution < 1.29 is 9.32 Å². The molecule has 22 heavy (non-hydrogen) atoms. The highest BCUT2D eigenvalue weighted by Gasteiger charge is 2.32. The molecule has 1 aliphatic rings. The number of hydrogen-bond donors (Lipinski definition) is 0. The average Bonchev–Trinajstić information content (AvgIpc) is 3.26. The van der Waals surface area contributed by atoms with Gasteiger partial charge in [-0.15, -0.1) is 11.3 Å². The second-order valence-electron chi connectivity index (χ2n) is 5.30. The van der Waals surface area contributed by atoms with Gasteiger partial charge in [-0.05, 0) is 19.4 Å². The molecule has 118 valence electrons. The largest absolute Gasteiger partial charge is 0.339 e. The third kappa shape index (κ3) is 3.02. The normalized spacial score (nSPS) is 18.7. The lowest BCUT2D eigenvalue weighted by atomic mass is 10.2. The number of carbonyl (C=O) groups is 1. The Morgan fingerprint density at radius 1 is 1.59 bits per heavy atom. The second-order valence-corrected chi connectivity index (χ2v) is 6.17. The van der Waals surface area contributed by atoms with Crippen LogP contribution >= 0.6 is 11.3 Å². The van der Waals surface area contributed by atoms with Crippen LogP contribution in [-0.4, -0.2) is 46.1 Å². The van der Waals surface area contributed by atoms with Crippen LogP contribution in [0.25, 0.3) is 0 Å². The third-order valence-electron chi connectivity index (χ3n) is 3.87. The molecule has 0 aliphatic carbocycles. The summed E-state index contributed by atoms with van der Waals surface area (Å²) in [5.41, 5.74) is 0. The minimum absolute atomic E-state index is 0.0288. The molecule has 0 N–H and O–H groups in total. The maximum absolute atomic E-state index is 12.4. The zero-order chi connectivity index (χ0) is 15.5. The quantitative estimate of drug-likeness (QED) is 0.837. The van der Waals surface area contributed by atoms with Crippen LogP contribution in [0.2, 0.25) is 0 Å². The van der Waals surface area contributed by atoms with E-state index >= 15 is 0 Å². The summed E-state index contributed by atoms with van der Waals surface area (Å²) in [5, 5.41) is 6.64. The topological polar surface area (TPSA) is 75.4 Å². The Morgan fingerprint density at radius 3 is 3.14 bits per heavy atom. The van der Waals surface area contributed by atoms with Gasteiger partial charge in [0.25, 0.3) is 0 Å². The van der Waals surface area contributed by atoms with Crippen LogP contribution in [0.1, 0.15) is 37.5 Å². The predicted octanol–water partition coefficient (Wildman–Crippen LogP) is 1.89. The van der Waals surface area contributed by atoms with E-state index in [2.05, 4.69) is 20.0 Å². The van der Waals surface area contributed by atoms with E-state index in [0.717, 1.165) is 25.8 Å². The molecular weight excluding hydrogens is 302 g/mol. The van der Waals surface area contributed by atoms with Gasteiger partial charge in [-0.1, -0.05) is 12.1 Å². The van der Waals surface area contributed by atoms with Crippen molar-refractivity contribution in [2.45, 2.75) is 32.2 Å². The highest BCUT2D eigenvalue weighted by atomic mass is 32.1. The molecule has 0 radical (unpaired) electrons. The number of thiazole rings is 1. The van der Waals surface area contributed by atoms with Gasteiger partial charge in [0.15, 0.2) is 11.0 Å². The molecule has 0 saturated carbocycles. The van der Waals surface area contributed by atoms with Gasteiger partial charge in [-0.3, -0.25) is 14.6 Å². The molecule has 0 bridgehead atoms. The van der Waals surface area contributed by atoms with Crippen LogP contribution < -0.4 is 4.90 Å². The highest BCUT2D eigenvalue weighted by Crippen LogP contribution is 2.30. The number of carbonyl (C=O) groups excluding carboxylic acids is 1. The Bertz CT molecular complexity index is 627. The van der Waals surface area contributed by atoms with E-state index in [-0.39, 0.29) is 11.9 Å². The molecule has 2 aromatic heterocycles. The third-order valence-corrected chi connectivity index (χ3v) is 4.71. The average molecular weight is 321 g/mol. The number of likely N-dealkylation sites (N-methyl/N-ethyl adjacent to an activating group) is 1. The summed E-state index contributed by atoms with van der Waals surface area (Å²) in [6.07, 6.45) is 4.42. The summed E-state index contributed by atoms with van der Waals surface area (Å²) < 4.78 is 5.19. The van der Waals surface area contributed by atoms with Crippen molar-refractivity contribution >= 4 is 22.4 Å². The number of likely N-dealkylation sites (tertiary alicyclic amines) is 1. The first-order valence-corrected chi connectivity index (χ1v) is 8.29. The van der Waals surface area contributed by atoms with Gasteiger partial charge in [0.2, 0.25) is 11.8 Å². The predicted molar refractivity (Wildman–Crippen MR) is 82.7 cm³/mol. The Labute approximate surface area is 132 Å². The Morgan fingerprint density at radius 2 is 2.45 bits per heavy atom. The number of amides is 1. The second kappa shape index (κ2) is 6.53. The first kappa shape index (κ1) is 15.1. The molecule has 0 spiro atoms. The summed E-state index contributed by atoms with van der Waals surface area (Å²) >= 11 is 1.46. The van der Waals surface area contributed by atoms with Crippen molar-refractivity contribution in [3.8, 4) is 0 Å². The first-order chi connectivity index (χ1) is 10.7. The van der Waals surface area contributed by atoms with Crippen LogP contribution in [0.4, 0.5) is 5.13 Å². The smallest absolute Gasteiger partial charge is 0.242 e. The van der Waals surface area contributed by atoms with Gasteiger partial charge in [0.1, 0.15) is 0 Å². The van der Waals surface area contributed by atoms with Gasteiger partial charge in [0.05, 0.1) is 12.6 Å². The van der Waals surface area contributed by atoms with E-state index in [4.69, 9.17) is 4.52 Å². The lowest BCUT2D eigenvalue weighted by Gasteiger charge is -2.23. The maximum atomic E-state index is 12.4. The Balaban J connectivity index is 1.67. The minimum Gasteiger partial charge on any atom is -0.339 e. The summed E-state index contributed by atoms with van der Waals surface area (Å²) in [5.74, 6) is 1.37. The summed E-state index contributed by atoms with van der Waals surface area (Å²) in [6.45, 7) is 3.20. The molecule has 2 aromatic rings. The van der Waals surface area contributed by atoms with Crippen LogP contribution in [0.3, 0.4) is 0 Å². The standard InChI is InChI=1S/C14H19N5O2S/c1-3-11-16-13(17-21-11)10-5-4-7-19(10)9-12(20)18(2)14-15-6-8-22-14/h6,8,10H,3-5,7,9H2,1-2H3. The number of aryl methyl sites for hydroxylation is 1. The van der Waals surface area contributed by atoms with E-state index in [1.165, 1.54) is 11.3 Å². The Kier molecular flexibility index (Phi) is 4.49. The molecule has 7 nitrogen and oxygen atoms in total. The number of rotatable bonds is 5. The van der Waals surface area contributed by atoms with Gasteiger partial charge in [0, 0.05) is 25.0 Å². The van der Waals surface area contributed by atoms with Crippen LogP contribution in [0, 0.1) is 0 Å². The van der Waals surface area contributed by atoms with Gasteiger partial charge in [-0.2, -0.15) is 4.98 Å². The van der Waals surface area contributed by atoms with Crippen LogP contribution in [-0.2, 0) is 11.2 Å². The van der Waals surface area contributed by atoms with Crippen molar-refractivity contribution in [3.63, 3.8) is 0 Å². The van der Waals surface area contributed by atoms with Gasteiger partial charge >= 0.3 is 0 Å². The summed E-state index contributed by atoms with van der Waals surface area (Å²) in [7, 11) is 1.76. The van der Waals surface area contributed by atoms with E-state index in [1.807, 2.05) is 12.3 Å². The number of nitrogens with zero attached hydrogens (tertiary/aromatic N) is 5. The summed E-state index contributed by atoms with van der Waals surface area (Å²) in [4.78, 5) is 24.7. The molecule has 1 fully saturated rings. The van der Waals surface area contributed by atoms with Crippen molar-refractivity contribution in [2.75, 3.05) is 25.0 Å². The monoisotopic (exact) mass is 321 g/mol. The molecule has 1 unspecified atom stereocenters. The number of anilines is 1. The van der Waals surface area contributed by atoms with Crippen LogP contribution in [0.5, 0.6) is 0 Å². The number of aromatic nitrogens is 3. The fraction of sp³-hybridized carbons (Fsp3) is 0.571. The van der Waals surface area contributed by atoms with E-state index in [0.29, 0.717) is 23.4 Å². The van der Waals surface area contributed by atoms with E-state index < -0.39 is 0 Å². The zero-order valence-corrected chi connectivity index (χ0v) is 13.5. The SMILES string of the molecule is CCc1nc(C2CCCN2CC(=O)N(C)c2nccs2)no1. The minimum atomic E-state index is 0.0288. The lowest BCUT2D eigenvalue weighted by Crippen LogP contribution is -2.38. The molecule has 3 heterocycles. The lowest BCUT2D eigenvalue weighted by molar-refractivity contribution is -0.119. The molecular formula is C14H19N5O2S. The summed E-state index contributed by atoms with van der Waals surface area (Å²) in [6, 6.07) is 0.0673. The fourth-order valence-corrected chi connectivity index (χ4v) is 3.25. The van der Waals surface area contributed by atoms with Gasteiger partial charge < -0.3 is 4.52 Å². The van der Waals surface area contributed by atoms with Gasteiger partial charge in [-0.25, -0.2) is 4.98 Å². The highest BCUT2D eigenvalue weighted by molar-refractivity contribution is 7.13. The molecule has 3 rings (SSSR count). The number of hydrogen-bond acceptors (Lipinski definition) is 7. The fourth-order valence-electron chi connectivity index (χ4n) is 2.62. The van der Waals surface area contributed by atoms with E-state index in [9.17, 15) is 4.79 Å². The maximum Gasteiger partial charge on any atom is 0.242 e. The van der Waals surface area contributed by atoms with Crippen LogP contribution in [0.15, 0.2) is 16.1 Å².